The number of hydrogen-bond acceptors (Lipinski definition) is 6. The van der Waals surface area contributed by atoms with Crippen LogP contribution in [0.15, 0.2) is 48.6 Å². The molecule has 0 amide bonds. The third-order valence-corrected chi connectivity index (χ3v) is 16.3. The van der Waals surface area contributed by atoms with E-state index in [1.807, 2.05) is 0 Å². The Hall–Kier alpha value is -2.63. The average molecular weight is 1140 g/mol. The highest BCUT2D eigenvalue weighted by Crippen LogP contribution is 2.19. The first-order valence-corrected chi connectivity index (χ1v) is 36.1. The zero-order valence-electron chi connectivity index (χ0n) is 54.6. The predicted molar refractivity (Wildman–Crippen MR) is 353 cm³/mol. The molecule has 1 atom stereocenters. The van der Waals surface area contributed by atoms with Crippen molar-refractivity contribution in [3.63, 3.8) is 0 Å². The lowest BCUT2D eigenvalue weighted by atomic mass is 10.0. The molecule has 0 aromatic carbocycles. The Morgan fingerprint density at radius 3 is 0.741 bits per heavy atom. The molecule has 0 heterocycles. The van der Waals surface area contributed by atoms with Crippen LogP contribution in [0.4, 0.5) is 0 Å². The molecule has 0 aliphatic carbocycles. The second kappa shape index (κ2) is 69.9. The molecule has 0 N–H and O–H groups in total. The number of ether oxygens (including phenoxy) is 3. The van der Waals surface area contributed by atoms with Gasteiger partial charge in [-0.05, 0) is 77.0 Å². The van der Waals surface area contributed by atoms with Crippen molar-refractivity contribution in [2.24, 2.45) is 0 Å². The van der Waals surface area contributed by atoms with E-state index in [0.29, 0.717) is 19.3 Å². The lowest BCUT2D eigenvalue weighted by Gasteiger charge is -2.18. The van der Waals surface area contributed by atoms with Crippen LogP contribution in [0.5, 0.6) is 0 Å². The molecule has 0 radical (unpaired) electrons. The predicted octanol–water partition coefficient (Wildman–Crippen LogP) is 24.9. The maximum absolute atomic E-state index is 12.9. The van der Waals surface area contributed by atoms with Crippen molar-refractivity contribution in [2.75, 3.05) is 13.2 Å². The van der Waals surface area contributed by atoms with E-state index >= 15 is 0 Å². The van der Waals surface area contributed by atoms with E-state index in [0.717, 1.165) is 103 Å². The summed E-state index contributed by atoms with van der Waals surface area (Å²) in [6.45, 7) is 6.61. The van der Waals surface area contributed by atoms with Crippen molar-refractivity contribution in [1.82, 2.24) is 0 Å². The Morgan fingerprint density at radius 1 is 0.247 bits per heavy atom. The van der Waals surface area contributed by atoms with Gasteiger partial charge in [-0.1, -0.05) is 345 Å². The van der Waals surface area contributed by atoms with Gasteiger partial charge < -0.3 is 14.2 Å². The van der Waals surface area contributed by atoms with Crippen molar-refractivity contribution < 1.29 is 28.6 Å². The Bertz CT molecular complexity index is 1400. The topological polar surface area (TPSA) is 78.9 Å². The van der Waals surface area contributed by atoms with Crippen molar-refractivity contribution in [3.8, 4) is 0 Å². The molecule has 0 aliphatic heterocycles. The standard InChI is InChI=1S/C75H138O6/c1-4-7-10-13-16-19-22-25-28-29-30-31-32-33-34-35-36-37-38-39-40-41-42-43-44-45-46-48-50-53-56-59-62-65-68-74(77)80-71-72(70-79-73(76)67-64-61-58-55-52-49-27-24-21-18-15-12-9-6-3)81-75(78)69-66-63-60-57-54-51-47-26-23-20-17-14-11-8-5-2/h15,17-18,20,24,26-27,47,72H,4-14,16,19,21-23,25,28-46,48-71H2,1-3H3/b18-15-,20-17-,27-24-,47-26-. The summed E-state index contributed by atoms with van der Waals surface area (Å²) in [5.41, 5.74) is 0. The summed E-state index contributed by atoms with van der Waals surface area (Å²) in [6, 6.07) is 0. The molecule has 0 saturated heterocycles. The summed E-state index contributed by atoms with van der Waals surface area (Å²) in [7, 11) is 0. The minimum absolute atomic E-state index is 0.0801. The first kappa shape index (κ1) is 78.4. The van der Waals surface area contributed by atoms with Crippen LogP contribution in [0.2, 0.25) is 0 Å². The van der Waals surface area contributed by atoms with Gasteiger partial charge in [-0.3, -0.25) is 14.4 Å². The van der Waals surface area contributed by atoms with E-state index in [1.165, 1.54) is 250 Å². The van der Waals surface area contributed by atoms with Gasteiger partial charge in [-0.15, -0.1) is 0 Å². The van der Waals surface area contributed by atoms with Gasteiger partial charge in [0, 0.05) is 19.3 Å². The van der Waals surface area contributed by atoms with Crippen LogP contribution in [0.1, 0.15) is 393 Å². The van der Waals surface area contributed by atoms with Crippen LogP contribution >= 0.6 is 0 Å². The number of esters is 3. The average Bonchev–Trinajstić information content (AvgIpc) is 3.47. The molecule has 474 valence electrons. The molecule has 0 aromatic rings. The quantitative estimate of drug-likeness (QED) is 0.0261. The van der Waals surface area contributed by atoms with Crippen LogP contribution in [0.3, 0.4) is 0 Å². The Labute approximate surface area is 505 Å². The van der Waals surface area contributed by atoms with E-state index in [-0.39, 0.29) is 31.1 Å². The Balaban J connectivity index is 4.08. The third kappa shape index (κ3) is 68.0. The molecule has 0 bridgehead atoms. The normalized spacial score (nSPS) is 12.3. The van der Waals surface area contributed by atoms with E-state index in [4.69, 9.17) is 14.2 Å². The van der Waals surface area contributed by atoms with Gasteiger partial charge in [0.1, 0.15) is 13.2 Å². The number of rotatable bonds is 67. The lowest BCUT2D eigenvalue weighted by Crippen LogP contribution is -2.30. The van der Waals surface area contributed by atoms with Gasteiger partial charge in [-0.2, -0.15) is 0 Å². The summed E-state index contributed by atoms with van der Waals surface area (Å²) < 4.78 is 16.9. The fraction of sp³-hybridized carbons (Fsp3) is 0.853. The maximum Gasteiger partial charge on any atom is 0.306 e. The summed E-state index contributed by atoms with van der Waals surface area (Å²) in [6.07, 6.45) is 88.8. The molecule has 81 heavy (non-hydrogen) atoms. The fourth-order valence-corrected chi connectivity index (χ4v) is 10.8. The van der Waals surface area contributed by atoms with Crippen LogP contribution in [-0.2, 0) is 28.6 Å². The molecule has 1 unspecified atom stereocenters. The van der Waals surface area contributed by atoms with Crippen molar-refractivity contribution >= 4 is 17.9 Å². The van der Waals surface area contributed by atoms with Crippen molar-refractivity contribution in [3.05, 3.63) is 48.6 Å². The van der Waals surface area contributed by atoms with Gasteiger partial charge in [0.15, 0.2) is 6.10 Å². The zero-order chi connectivity index (χ0) is 58.5. The molecular weight excluding hydrogens is 997 g/mol. The van der Waals surface area contributed by atoms with E-state index < -0.39 is 6.10 Å². The van der Waals surface area contributed by atoms with Gasteiger partial charge in [0.25, 0.3) is 0 Å². The second-order valence-corrected chi connectivity index (χ2v) is 24.5. The smallest absolute Gasteiger partial charge is 0.306 e. The van der Waals surface area contributed by atoms with Crippen LogP contribution in [0, 0.1) is 0 Å². The summed E-state index contributed by atoms with van der Waals surface area (Å²) in [4.78, 5) is 38.3. The fourth-order valence-electron chi connectivity index (χ4n) is 10.8. The summed E-state index contributed by atoms with van der Waals surface area (Å²) >= 11 is 0. The van der Waals surface area contributed by atoms with Crippen LogP contribution < -0.4 is 0 Å². The molecule has 0 saturated carbocycles. The zero-order valence-corrected chi connectivity index (χ0v) is 54.6. The summed E-state index contributed by atoms with van der Waals surface area (Å²) in [5.74, 6) is -0.887. The molecule has 0 aromatic heterocycles. The molecule has 6 nitrogen and oxygen atoms in total. The number of carbonyl (C=O) groups is 3. The molecule has 0 rings (SSSR count). The second-order valence-electron chi connectivity index (χ2n) is 24.5. The maximum atomic E-state index is 12.9. The van der Waals surface area contributed by atoms with Gasteiger partial charge >= 0.3 is 17.9 Å². The number of allylic oxidation sites excluding steroid dienone is 8. The van der Waals surface area contributed by atoms with Crippen LogP contribution in [-0.4, -0.2) is 37.2 Å². The van der Waals surface area contributed by atoms with E-state index in [9.17, 15) is 14.4 Å². The molecule has 6 heteroatoms. The highest BCUT2D eigenvalue weighted by molar-refractivity contribution is 5.71. The van der Waals surface area contributed by atoms with Crippen molar-refractivity contribution in [1.29, 1.82) is 0 Å². The highest BCUT2D eigenvalue weighted by atomic mass is 16.6. The minimum atomic E-state index is -0.786. The van der Waals surface area contributed by atoms with Crippen LogP contribution in [0.25, 0.3) is 0 Å². The van der Waals surface area contributed by atoms with Gasteiger partial charge in [0.05, 0.1) is 0 Å². The van der Waals surface area contributed by atoms with E-state index in [1.54, 1.807) is 0 Å². The lowest BCUT2D eigenvalue weighted by molar-refractivity contribution is -0.167. The monoisotopic (exact) mass is 1140 g/mol. The molecule has 0 aliphatic rings. The third-order valence-electron chi connectivity index (χ3n) is 16.3. The Morgan fingerprint density at radius 2 is 0.457 bits per heavy atom. The number of hydrogen-bond donors (Lipinski definition) is 0. The first-order valence-electron chi connectivity index (χ1n) is 36.1. The van der Waals surface area contributed by atoms with Crippen molar-refractivity contribution in [2.45, 2.75) is 399 Å². The number of unbranched alkanes of at least 4 members (excludes halogenated alkanes) is 48. The Kier molecular flexibility index (Phi) is 67.6. The van der Waals surface area contributed by atoms with Gasteiger partial charge in [0.2, 0.25) is 0 Å². The molecule has 0 spiro atoms. The SMILES string of the molecule is CCCC/C=C\C/C=C\CCCCCCCC(=O)OCC(COC(=O)CCCCCCCCCCCCCCCCCCCCCCCCCCCCCCCCCCCC)OC(=O)CCCCCCC/C=C\C/C=C\CCCCC. The van der Waals surface area contributed by atoms with Gasteiger partial charge in [-0.25, -0.2) is 0 Å². The largest absolute Gasteiger partial charge is 0.462 e. The highest BCUT2D eigenvalue weighted by Gasteiger charge is 2.19. The minimum Gasteiger partial charge on any atom is -0.462 e. The summed E-state index contributed by atoms with van der Waals surface area (Å²) in [5, 5.41) is 0. The molecule has 0 fully saturated rings. The molecular formula is C75H138O6. The van der Waals surface area contributed by atoms with E-state index in [2.05, 4.69) is 69.4 Å². The number of carbonyl (C=O) groups excluding carboxylic acids is 3. The first-order chi connectivity index (χ1) is 40.0.